The number of nitrogens with zero attached hydrogens (tertiary/aromatic N) is 6. The van der Waals surface area contributed by atoms with Crippen molar-refractivity contribution in [2.45, 2.75) is 97.0 Å². The standard InChI is InChI=1S/C48H58FN9O5S2/c1-6-27-65(61,62)56-37-12-8-11-36(41(37)49)42-43(64-45(55-42)47(2,3)4)38-17-22-50-46(53-38)52-32-9-7-10-34(28-32)63-33-18-23-57(24-19-33)30-48(5)20-25-58(26-21-48)39-15-13-31(29-51-39)35-14-16-40(59)54-44(35)60/h7-13,15,17,22,28-29,33,35,56H,6,14,16,18-21,23-27,30H2,1-5H3,(H,50,52,53)(H,54,59,60)/t35-/m1/s1. The van der Waals surface area contributed by atoms with Gasteiger partial charge in [0.2, 0.25) is 27.8 Å². The Labute approximate surface area is 384 Å². The van der Waals surface area contributed by atoms with Crippen molar-refractivity contribution in [3.63, 3.8) is 0 Å². The van der Waals surface area contributed by atoms with E-state index in [1.54, 1.807) is 37.5 Å². The zero-order chi connectivity index (χ0) is 45.9. The van der Waals surface area contributed by atoms with Gasteiger partial charge in [-0.15, -0.1) is 11.3 Å². The van der Waals surface area contributed by atoms with Crippen LogP contribution in [0.15, 0.2) is 73.1 Å². The summed E-state index contributed by atoms with van der Waals surface area (Å²) in [5.41, 5.74) is 2.45. The molecule has 14 nitrogen and oxygen atoms in total. The quantitative estimate of drug-likeness (QED) is 0.0907. The van der Waals surface area contributed by atoms with Crippen molar-refractivity contribution in [2.24, 2.45) is 5.41 Å². The van der Waals surface area contributed by atoms with Gasteiger partial charge in [0.25, 0.3) is 0 Å². The molecular formula is C48H58FN9O5S2. The number of sulfonamides is 1. The molecule has 2 amide bonds. The summed E-state index contributed by atoms with van der Waals surface area (Å²) in [7, 11) is -3.72. The van der Waals surface area contributed by atoms with E-state index in [4.69, 9.17) is 19.7 Å². The predicted molar refractivity (Wildman–Crippen MR) is 254 cm³/mol. The number of rotatable bonds is 14. The molecule has 3 N–H and O–H groups in total. The summed E-state index contributed by atoms with van der Waals surface area (Å²) in [6, 6.07) is 18.2. The maximum absolute atomic E-state index is 16.1. The highest BCUT2D eigenvalue weighted by Crippen LogP contribution is 2.42. The van der Waals surface area contributed by atoms with Crippen LogP contribution < -0.4 is 25.0 Å². The molecule has 6 heterocycles. The van der Waals surface area contributed by atoms with Crippen molar-refractivity contribution in [1.82, 2.24) is 30.2 Å². The summed E-state index contributed by atoms with van der Waals surface area (Å²) in [5.74, 6) is 0.441. The minimum Gasteiger partial charge on any atom is -0.490 e. The molecule has 344 valence electrons. The highest BCUT2D eigenvalue weighted by atomic mass is 32.2. The zero-order valence-corrected chi connectivity index (χ0v) is 39.3. The first-order chi connectivity index (χ1) is 31.0. The number of ether oxygens (including phenoxy) is 1. The minimum atomic E-state index is -3.72. The molecule has 5 aromatic rings. The second-order valence-electron chi connectivity index (χ2n) is 18.8. The number of carbonyl (C=O) groups is 2. The number of halogens is 1. The van der Waals surface area contributed by atoms with Crippen LogP contribution in [0.5, 0.6) is 5.75 Å². The molecule has 3 saturated heterocycles. The Kier molecular flexibility index (Phi) is 13.6. The number of aromatic nitrogens is 4. The van der Waals surface area contributed by atoms with Crippen molar-refractivity contribution in [2.75, 3.05) is 53.4 Å². The summed E-state index contributed by atoms with van der Waals surface area (Å²) in [6.45, 7) is 15.1. The molecule has 0 saturated carbocycles. The molecule has 65 heavy (non-hydrogen) atoms. The van der Waals surface area contributed by atoms with Gasteiger partial charge in [0.05, 0.1) is 38.6 Å². The second kappa shape index (κ2) is 19.1. The number of piperidine rings is 3. The van der Waals surface area contributed by atoms with Gasteiger partial charge in [0, 0.05) is 74.3 Å². The van der Waals surface area contributed by atoms with E-state index in [1.165, 1.54) is 17.4 Å². The van der Waals surface area contributed by atoms with Crippen LogP contribution in [0.1, 0.15) is 96.1 Å². The Morgan fingerprint density at radius 3 is 2.45 bits per heavy atom. The predicted octanol–water partition coefficient (Wildman–Crippen LogP) is 8.66. The SMILES string of the molecule is CCCS(=O)(=O)Nc1cccc(-c2nc(C(C)(C)C)sc2-c2ccnc(Nc3cccc(OC4CCN(CC5(C)CCN(c6ccc([C@H]7CCC(=O)NC7=O)cn6)CC5)CC4)c3)n2)c1F. The Morgan fingerprint density at radius 2 is 1.74 bits per heavy atom. The zero-order valence-electron chi connectivity index (χ0n) is 37.7. The summed E-state index contributed by atoms with van der Waals surface area (Å²) in [4.78, 5) is 48.4. The molecule has 3 fully saturated rings. The van der Waals surface area contributed by atoms with E-state index in [1.807, 2.05) is 57.2 Å². The third kappa shape index (κ3) is 11.1. The molecule has 3 aliphatic heterocycles. The number of nitrogens with one attached hydrogen (secondary N) is 3. The van der Waals surface area contributed by atoms with E-state index >= 15 is 4.39 Å². The smallest absolute Gasteiger partial charge is 0.234 e. The number of hydrogen-bond donors (Lipinski definition) is 3. The highest BCUT2D eigenvalue weighted by molar-refractivity contribution is 7.92. The lowest BCUT2D eigenvalue weighted by atomic mass is 9.79. The van der Waals surface area contributed by atoms with Gasteiger partial charge >= 0.3 is 0 Å². The topological polar surface area (TPSA) is 172 Å². The Bertz CT molecular complexity index is 2620. The molecule has 17 heteroatoms. The van der Waals surface area contributed by atoms with Crippen molar-refractivity contribution >= 4 is 56.3 Å². The number of hydrogen-bond acceptors (Lipinski definition) is 13. The summed E-state index contributed by atoms with van der Waals surface area (Å²) < 4.78 is 50.2. The van der Waals surface area contributed by atoms with Crippen LogP contribution in [0, 0.1) is 11.2 Å². The Hall–Kier alpha value is -5.52. The van der Waals surface area contributed by atoms with Crippen LogP contribution in [-0.2, 0) is 25.0 Å². The molecule has 1 atom stereocenters. The lowest BCUT2D eigenvalue weighted by molar-refractivity contribution is -0.134. The molecule has 0 spiro atoms. The van der Waals surface area contributed by atoms with Gasteiger partial charge in [-0.2, -0.15) is 0 Å². The number of amides is 2. The van der Waals surface area contributed by atoms with Gasteiger partial charge in [-0.3, -0.25) is 19.6 Å². The average molecular weight is 924 g/mol. The van der Waals surface area contributed by atoms with Crippen LogP contribution in [0.25, 0.3) is 21.8 Å². The van der Waals surface area contributed by atoms with Crippen molar-refractivity contribution < 1.29 is 27.1 Å². The number of carbonyl (C=O) groups excluding carboxylic acids is 2. The maximum atomic E-state index is 16.1. The van der Waals surface area contributed by atoms with Gasteiger partial charge in [-0.05, 0) is 85.9 Å². The molecular weight excluding hydrogens is 866 g/mol. The molecule has 2 aromatic carbocycles. The number of likely N-dealkylation sites (tertiary alicyclic amines) is 1. The first-order valence-corrected chi connectivity index (χ1v) is 25.0. The van der Waals surface area contributed by atoms with Crippen LogP contribution in [-0.4, -0.2) is 89.6 Å². The number of imide groups is 1. The number of pyridine rings is 1. The normalized spacial score (nSPS) is 18.6. The van der Waals surface area contributed by atoms with Crippen molar-refractivity contribution in [1.29, 1.82) is 0 Å². The fourth-order valence-electron chi connectivity index (χ4n) is 8.75. The second-order valence-corrected chi connectivity index (χ2v) is 21.6. The number of thiazole rings is 1. The van der Waals surface area contributed by atoms with E-state index in [0.29, 0.717) is 41.5 Å². The summed E-state index contributed by atoms with van der Waals surface area (Å²) >= 11 is 1.42. The summed E-state index contributed by atoms with van der Waals surface area (Å²) in [6.07, 6.45) is 8.79. The van der Waals surface area contributed by atoms with Gasteiger partial charge in [0.1, 0.15) is 17.7 Å². The Morgan fingerprint density at radius 1 is 0.969 bits per heavy atom. The molecule has 3 aliphatic rings. The maximum Gasteiger partial charge on any atom is 0.234 e. The fourth-order valence-corrected chi connectivity index (χ4v) is 11.0. The third-order valence-electron chi connectivity index (χ3n) is 12.4. The first kappa shape index (κ1) is 46.0. The van der Waals surface area contributed by atoms with Crippen LogP contribution in [0.3, 0.4) is 0 Å². The molecule has 8 rings (SSSR count). The van der Waals surface area contributed by atoms with Gasteiger partial charge in [0.15, 0.2) is 5.82 Å². The van der Waals surface area contributed by atoms with E-state index in [0.717, 1.165) is 86.2 Å². The van der Waals surface area contributed by atoms with Gasteiger partial charge < -0.3 is 19.9 Å². The average Bonchev–Trinajstić information content (AvgIpc) is 3.72. The molecule has 0 radical (unpaired) electrons. The monoisotopic (exact) mass is 923 g/mol. The van der Waals surface area contributed by atoms with Crippen LogP contribution in [0.2, 0.25) is 0 Å². The first-order valence-electron chi connectivity index (χ1n) is 22.5. The molecule has 0 unspecified atom stereocenters. The number of benzene rings is 2. The number of anilines is 4. The van der Waals surface area contributed by atoms with Crippen LogP contribution >= 0.6 is 11.3 Å². The lowest BCUT2D eigenvalue weighted by Crippen LogP contribution is -2.48. The lowest BCUT2D eigenvalue weighted by Gasteiger charge is -2.44. The van der Waals surface area contributed by atoms with Gasteiger partial charge in [-0.25, -0.2) is 32.7 Å². The van der Waals surface area contributed by atoms with E-state index < -0.39 is 15.8 Å². The largest absolute Gasteiger partial charge is 0.490 e. The molecule has 0 bridgehead atoms. The third-order valence-corrected chi connectivity index (χ3v) is 15.4. The minimum absolute atomic E-state index is 0.0903. The molecule has 3 aromatic heterocycles. The van der Waals surface area contributed by atoms with E-state index in [2.05, 4.69) is 37.1 Å². The van der Waals surface area contributed by atoms with Gasteiger partial charge in [-0.1, -0.05) is 52.8 Å². The summed E-state index contributed by atoms with van der Waals surface area (Å²) in [5, 5.41) is 6.55. The molecule has 0 aliphatic carbocycles. The van der Waals surface area contributed by atoms with Crippen molar-refractivity contribution in [3.8, 4) is 27.6 Å². The van der Waals surface area contributed by atoms with E-state index in [-0.39, 0.29) is 51.7 Å². The highest BCUT2D eigenvalue weighted by Gasteiger charge is 2.35. The van der Waals surface area contributed by atoms with Crippen molar-refractivity contribution in [3.05, 3.63) is 89.4 Å². The Balaban J connectivity index is 0.862. The van der Waals surface area contributed by atoms with E-state index in [9.17, 15) is 18.0 Å². The van der Waals surface area contributed by atoms with Crippen LogP contribution in [0.4, 0.5) is 27.5 Å². The fraction of sp³-hybridized carbons (Fsp3) is 0.458.